The predicted octanol–water partition coefficient (Wildman–Crippen LogP) is 0.898. The Kier molecular flexibility index (Phi) is 5.66. The molecular formula is C14H12N2O6. The van der Waals surface area contributed by atoms with Crippen molar-refractivity contribution in [1.29, 1.82) is 5.26 Å². The maximum absolute atomic E-state index is 11.6. The lowest BCUT2D eigenvalue weighted by Gasteiger charge is -2.10. The van der Waals surface area contributed by atoms with E-state index in [1.54, 1.807) is 6.07 Å². The molecule has 8 nitrogen and oxygen atoms in total. The minimum absolute atomic E-state index is 0.0974. The fourth-order valence-electron chi connectivity index (χ4n) is 1.49. The molecule has 114 valence electrons. The Morgan fingerprint density at radius 1 is 1.27 bits per heavy atom. The van der Waals surface area contributed by atoms with Crippen LogP contribution < -0.4 is 5.32 Å². The van der Waals surface area contributed by atoms with E-state index < -0.39 is 17.9 Å². The van der Waals surface area contributed by atoms with Gasteiger partial charge in [0.15, 0.2) is 0 Å². The second kappa shape index (κ2) is 7.44. The summed E-state index contributed by atoms with van der Waals surface area (Å²) in [5.41, 5.74) is -0.257. The van der Waals surface area contributed by atoms with E-state index in [4.69, 9.17) is 10.4 Å². The van der Waals surface area contributed by atoms with Crippen molar-refractivity contribution < 1.29 is 29.0 Å². The number of hydrogen-bond donors (Lipinski definition) is 2. The number of esters is 2. The molecule has 0 saturated carbocycles. The Balaban J connectivity index is 3.17. The van der Waals surface area contributed by atoms with Gasteiger partial charge in [-0.3, -0.25) is 0 Å². The molecule has 0 spiro atoms. The summed E-state index contributed by atoms with van der Waals surface area (Å²) in [6.07, 6.45) is 0.878. The van der Waals surface area contributed by atoms with Crippen LogP contribution in [-0.4, -0.2) is 37.2 Å². The van der Waals surface area contributed by atoms with Crippen molar-refractivity contribution in [1.82, 2.24) is 0 Å². The third kappa shape index (κ3) is 4.08. The van der Waals surface area contributed by atoms with Crippen LogP contribution >= 0.6 is 0 Å². The van der Waals surface area contributed by atoms with E-state index in [2.05, 4.69) is 14.8 Å². The summed E-state index contributed by atoms with van der Waals surface area (Å²) in [6.45, 7) is 0. The van der Waals surface area contributed by atoms with Crippen molar-refractivity contribution in [2.45, 2.75) is 0 Å². The standard InChI is InChI=1S/C14H12N2O6/c1-21-12(17)6-11(14(20)22-2)16-9-3-4-10(13(18)19)8(5-9)7-15/h3-6,16H,1-2H3,(H,18,19)/b11-6+. The number of anilines is 1. The first-order chi connectivity index (χ1) is 10.4. The molecule has 0 aliphatic carbocycles. The molecule has 0 bridgehead atoms. The van der Waals surface area contributed by atoms with Gasteiger partial charge in [0.25, 0.3) is 0 Å². The minimum atomic E-state index is -1.25. The maximum atomic E-state index is 11.6. The molecule has 0 atom stereocenters. The van der Waals surface area contributed by atoms with Crippen LogP contribution in [0.3, 0.4) is 0 Å². The van der Waals surface area contributed by atoms with Gasteiger partial charge in [-0.1, -0.05) is 0 Å². The number of nitrogens with zero attached hydrogens (tertiary/aromatic N) is 1. The molecule has 1 aromatic rings. The van der Waals surface area contributed by atoms with Crippen LogP contribution in [0.15, 0.2) is 30.0 Å². The Labute approximate surface area is 125 Å². The highest BCUT2D eigenvalue weighted by atomic mass is 16.5. The van der Waals surface area contributed by atoms with Crippen molar-refractivity contribution in [3.63, 3.8) is 0 Å². The van der Waals surface area contributed by atoms with Gasteiger partial charge in [-0.25, -0.2) is 14.4 Å². The first kappa shape index (κ1) is 16.7. The SMILES string of the molecule is COC(=O)/C=C(/Nc1ccc(C(=O)O)c(C#N)c1)C(=O)OC. The first-order valence-corrected chi connectivity index (χ1v) is 5.85. The lowest BCUT2D eigenvalue weighted by molar-refractivity contribution is -0.138. The highest BCUT2D eigenvalue weighted by Crippen LogP contribution is 2.17. The Morgan fingerprint density at radius 3 is 2.45 bits per heavy atom. The van der Waals surface area contributed by atoms with Crippen LogP contribution in [0, 0.1) is 11.3 Å². The summed E-state index contributed by atoms with van der Waals surface area (Å²) < 4.78 is 8.93. The zero-order chi connectivity index (χ0) is 16.7. The smallest absolute Gasteiger partial charge is 0.354 e. The van der Waals surface area contributed by atoms with Crippen LogP contribution in [0.4, 0.5) is 5.69 Å². The molecular weight excluding hydrogens is 292 g/mol. The molecule has 0 aliphatic rings. The van der Waals surface area contributed by atoms with Gasteiger partial charge in [-0.05, 0) is 18.2 Å². The molecule has 0 radical (unpaired) electrons. The zero-order valence-corrected chi connectivity index (χ0v) is 11.7. The van der Waals surface area contributed by atoms with Gasteiger partial charge in [0.2, 0.25) is 0 Å². The number of carboxylic acid groups (broad SMARTS) is 1. The molecule has 0 aromatic heterocycles. The molecule has 0 fully saturated rings. The van der Waals surface area contributed by atoms with Gasteiger partial charge in [-0.2, -0.15) is 5.26 Å². The number of carboxylic acids is 1. The molecule has 0 aliphatic heterocycles. The van der Waals surface area contributed by atoms with Crippen molar-refractivity contribution in [3.8, 4) is 6.07 Å². The average Bonchev–Trinajstić information content (AvgIpc) is 2.52. The van der Waals surface area contributed by atoms with Crippen LogP contribution in [0.2, 0.25) is 0 Å². The number of carbonyl (C=O) groups is 3. The van der Waals surface area contributed by atoms with E-state index >= 15 is 0 Å². The fraction of sp³-hybridized carbons (Fsp3) is 0.143. The van der Waals surface area contributed by atoms with E-state index in [1.807, 2.05) is 0 Å². The molecule has 0 amide bonds. The molecule has 1 aromatic carbocycles. The Bertz CT molecular complexity index is 687. The quantitative estimate of drug-likeness (QED) is 0.607. The van der Waals surface area contributed by atoms with E-state index in [1.165, 1.54) is 18.2 Å². The highest BCUT2D eigenvalue weighted by molar-refractivity contribution is 5.99. The van der Waals surface area contributed by atoms with E-state index in [9.17, 15) is 14.4 Å². The summed E-state index contributed by atoms with van der Waals surface area (Å²) in [5, 5.41) is 20.4. The molecule has 0 heterocycles. The molecule has 8 heteroatoms. The number of hydrogen-bond acceptors (Lipinski definition) is 7. The minimum Gasteiger partial charge on any atom is -0.478 e. The van der Waals surface area contributed by atoms with Gasteiger partial charge >= 0.3 is 17.9 Å². The number of methoxy groups -OCH3 is 2. The number of ether oxygens (including phenoxy) is 2. The summed E-state index contributed by atoms with van der Waals surface area (Å²) >= 11 is 0. The third-order valence-electron chi connectivity index (χ3n) is 2.52. The van der Waals surface area contributed by atoms with Gasteiger partial charge in [0.1, 0.15) is 11.8 Å². The molecule has 0 saturated heterocycles. The van der Waals surface area contributed by atoms with Crippen molar-refractivity contribution in [3.05, 3.63) is 41.1 Å². The maximum Gasteiger partial charge on any atom is 0.354 e. The van der Waals surface area contributed by atoms with E-state index in [0.29, 0.717) is 0 Å². The second-order valence-corrected chi connectivity index (χ2v) is 3.88. The summed E-state index contributed by atoms with van der Waals surface area (Å²) in [4.78, 5) is 33.7. The van der Waals surface area contributed by atoms with Crippen LogP contribution in [-0.2, 0) is 19.1 Å². The van der Waals surface area contributed by atoms with Gasteiger partial charge in [0.05, 0.1) is 31.4 Å². The number of nitriles is 1. The van der Waals surface area contributed by atoms with Gasteiger partial charge < -0.3 is 19.9 Å². The monoisotopic (exact) mass is 304 g/mol. The molecule has 1 rings (SSSR count). The van der Waals surface area contributed by atoms with Crippen molar-refractivity contribution >= 4 is 23.6 Å². The Hall–Kier alpha value is -3.34. The summed E-state index contributed by atoms with van der Waals surface area (Å²) in [6, 6.07) is 5.52. The summed E-state index contributed by atoms with van der Waals surface area (Å²) in [5.74, 6) is -2.86. The number of rotatable bonds is 5. The molecule has 0 unspecified atom stereocenters. The topological polar surface area (TPSA) is 126 Å². The van der Waals surface area contributed by atoms with Crippen LogP contribution in [0.1, 0.15) is 15.9 Å². The number of carbonyl (C=O) groups excluding carboxylic acids is 2. The predicted molar refractivity (Wildman–Crippen MR) is 73.9 cm³/mol. The normalized spacial score (nSPS) is 10.3. The van der Waals surface area contributed by atoms with Crippen LogP contribution in [0.25, 0.3) is 0 Å². The number of benzene rings is 1. The van der Waals surface area contributed by atoms with Gasteiger partial charge in [-0.15, -0.1) is 0 Å². The number of aromatic carboxylic acids is 1. The lowest BCUT2D eigenvalue weighted by Crippen LogP contribution is -2.15. The first-order valence-electron chi connectivity index (χ1n) is 5.85. The third-order valence-corrected chi connectivity index (χ3v) is 2.52. The summed E-state index contributed by atoms with van der Waals surface area (Å²) in [7, 11) is 2.27. The van der Waals surface area contributed by atoms with Crippen molar-refractivity contribution in [2.24, 2.45) is 0 Å². The Morgan fingerprint density at radius 2 is 1.95 bits per heavy atom. The van der Waals surface area contributed by atoms with E-state index in [0.717, 1.165) is 20.3 Å². The molecule has 22 heavy (non-hydrogen) atoms. The highest BCUT2D eigenvalue weighted by Gasteiger charge is 2.15. The van der Waals surface area contributed by atoms with E-state index in [-0.39, 0.29) is 22.5 Å². The van der Waals surface area contributed by atoms with Gasteiger partial charge in [0, 0.05) is 5.69 Å². The molecule has 2 N–H and O–H groups in total. The lowest BCUT2D eigenvalue weighted by atomic mass is 10.1. The number of nitrogens with one attached hydrogen (secondary N) is 1. The fourth-order valence-corrected chi connectivity index (χ4v) is 1.49. The largest absolute Gasteiger partial charge is 0.478 e. The van der Waals surface area contributed by atoms with Crippen molar-refractivity contribution in [2.75, 3.05) is 19.5 Å². The van der Waals surface area contributed by atoms with Crippen LogP contribution in [0.5, 0.6) is 0 Å². The second-order valence-electron chi connectivity index (χ2n) is 3.88. The average molecular weight is 304 g/mol. The zero-order valence-electron chi connectivity index (χ0n) is 11.7.